The van der Waals surface area contributed by atoms with Crippen molar-refractivity contribution in [3.8, 4) is 5.75 Å². The fraction of sp³-hybridized carbons (Fsp3) is 0.316. The maximum Gasteiger partial charge on any atom is 0.336 e. The van der Waals surface area contributed by atoms with E-state index in [9.17, 15) is 9.90 Å². The fourth-order valence-corrected chi connectivity index (χ4v) is 4.33. The van der Waals surface area contributed by atoms with E-state index in [2.05, 4.69) is 21.7 Å². The van der Waals surface area contributed by atoms with E-state index in [0.29, 0.717) is 23.7 Å². The summed E-state index contributed by atoms with van der Waals surface area (Å²) in [5.74, 6) is 0.153. The van der Waals surface area contributed by atoms with Gasteiger partial charge in [-0.2, -0.15) is 11.3 Å². The number of phenols is 1. The van der Waals surface area contributed by atoms with Gasteiger partial charge in [0, 0.05) is 29.6 Å². The second-order valence-electron chi connectivity index (χ2n) is 6.36. The highest BCUT2D eigenvalue weighted by Gasteiger charge is 2.27. The summed E-state index contributed by atoms with van der Waals surface area (Å²) in [7, 11) is 0. The van der Waals surface area contributed by atoms with Gasteiger partial charge >= 0.3 is 5.63 Å². The molecule has 0 unspecified atom stereocenters. The van der Waals surface area contributed by atoms with E-state index in [1.54, 1.807) is 30.4 Å². The third-order valence-corrected chi connectivity index (χ3v) is 5.58. The number of likely N-dealkylation sites (tertiary alicyclic amines) is 1. The van der Waals surface area contributed by atoms with Gasteiger partial charge in [-0.05, 0) is 66.4 Å². The van der Waals surface area contributed by atoms with Gasteiger partial charge in [0.2, 0.25) is 0 Å². The van der Waals surface area contributed by atoms with Crippen LogP contribution in [0.4, 0.5) is 0 Å². The average molecular weight is 341 g/mol. The normalized spacial score (nSPS) is 18.5. The number of hydrogen-bond donors (Lipinski definition) is 1. The first-order valence-electron chi connectivity index (χ1n) is 8.15. The summed E-state index contributed by atoms with van der Waals surface area (Å²) >= 11 is 1.72. The first kappa shape index (κ1) is 15.4. The topological polar surface area (TPSA) is 53.7 Å². The number of hydrogen-bond acceptors (Lipinski definition) is 5. The first-order valence-corrected chi connectivity index (χ1v) is 9.09. The molecule has 1 aromatic carbocycles. The summed E-state index contributed by atoms with van der Waals surface area (Å²) < 4.78 is 5.35. The van der Waals surface area contributed by atoms with Crippen molar-refractivity contribution in [1.29, 1.82) is 0 Å². The van der Waals surface area contributed by atoms with E-state index in [1.165, 1.54) is 12.0 Å². The Kier molecular flexibility index (Phi) is 3.90. The largest absolute Gasteiger partial charge is 0.508 e. The van der Waals surface area contributed by atoms with E-state index < -0.39 is 0 Å². The van der Waals surface area contributed by atoms with Gasteiger partial charge in [0.15, 0.2) is 0 Å². The third kappa shape index (κ3) is 2.64. The molecule has 4 nitrogen and oxygen atoms in total. The van der Waals surface area contributed by atoms with Gasteiger partial charge in [0.05, 0.1) is 0 Å². The van der Waals surface area contributed by atoms with Gasteiger partial charge in [-0.25, -0.2) is 4.79 Å². The Bertz CT molecular complexity index is 930. The van der Waals surface area contributed by atoms with Crippen molar-refractivity contribution in [3.63, 3.8) is 0 Å². The molecule has 4 rings (SSSR count). The van der Waals surface area contributed by atoms with Crippen molar-refractivity contribution in [2.24, 2.45) is 0 Å². The molecular formula is C19H19NO3S. The number of nitrogens with zero attached hydrogens (tertiary/aromatic N) is 1. The lowest BCUT2D eigenvalue weighted by Gasteiger charge is -2.24. The molecule has 0 saturated carbocycles. The Hall–Kier alpha value is -2.11. The SMILES string of the molecule is Cc1c(O)ccc2c(CN3CCC[C@H]3c3ccsc3)cc(=O)oc12. The molecule has 1 aliphatic rings. The van der Waals surface area contributed by atoms with Crippen LogP contribution in [-0.4, -0.2) is 16.6 Å². The lowest BCUT2D eigenvalue weighted by molar-refractivity contribution is 0.249. The number of phenolic OH excluding ortho intramolecular Hbond substituents is 1. The van der Waals surface area contributed by atoms with Crippen molar-refractivity contribution in [3.05, 3.63) is 62.1 Å². The summed E-state index contributed by atoms with van der Waals surface area (Å²) in [6.07, 6.45) is 2.32. The van der Waals surface area contributed by atoms with Crippen LogP contribution in [0.25, 0.3) is 11.0 Å². The Morgan fingerprint density at radius 1 is 1.38 bits per heavy atom. The Morgan fingerprint density at radius 3 is 3.04 bits per heavy atom. The fourth-order valence-electron chi connectivity index (χ4n) is 3.62. The first-order chi connectivity index (χ1) is 11.6. The molecule has 0 aliphatic carbocycles. The van der Waals surface area contributed by atoms with Crippen LogP contribution in [0.2, 0.25) is 0 Å². The van der Waals surface area contributed by atoms with Crippen molar-refractivity contribution in [1.82, 2.24) is 4.90 Å². The van der Waals surface area contributed by atoms with Gasteiger partial charge in [0.25, 0.3) is 0 Å². The molecule has 0 spiro atoms. The summed E-state index contributed by atoms with van der Waals surface area (Å²) in [6.45, 7) is 3.51. The molecule has 0 radical (unpaired) electrons. The van der Waals surface area contributed by atoms with Gasteiger partial charge in [-0.15, -0.1) is 0 Å². The maximum atomic E-state index is 12.0. The third-order valence-electron chi connectivity index (χ3n) is 4.88. The predicted molar refractivity (Wildman–Crippen MR) is 95.6 cm³/mol. The van der Waals surface area contributed by atoms with Crippen LogP contribution >= 0.6 is 11.3 Å². The van der Waals surface area contributed by atoms with Crippen molar-refractivity contribution < 1.29 is 9.52 Å². The molecule has 1 fully saturated rings. The molecule has 2 aromatic heterocycles. The Balaban J connectivity index is 1.74. The highest BCUT2D eigenvalue weighted by molar-refractivity contribution is 7.07. The van der Waals surface area contributed by atoms with Crippen molar-refractivity contribution >= 4 is 22.3 Å². The van der Waals surface area contributed by atoms with Crippen LogP contribution in [-0.2, 0) is 6.54 Å². The molecule has 124 valence electrons. The highest BCUT2D eigenvalue weighted by Crippen LogP contribution is 2.35. The van der Waals surface area contributed by atoms with E-state index in [4.69, 9.17) is 4.42 Å². The minimum atomic E-state index is -0.363. The van der Waals surface area contributed by atoms with Gasteiger partial charge in [0.1, 0.15) is 11.3 Å². The summed E-state index contributed by atoms with van der Waals surface area (Å²) in [5.41, 5.74) is 3.06. The molecule has 5 heteroatoms. The lowest BCUT2D eigenvalue weighted by Crippen LogP contribution is -2.23. The van der Waals surface area contributed by atoms with E-state index in [1.807, 2.05) is 6.07 Å². The number of rotatable bonds is 3. The zero-order chi connectivity index (χ0) is 16.7. The van der Waals surface area contributed by atoms with Gasteiger partial charge < -0.3 is 9.52 Å². The predicted octanol–water partition coefficient (Wildman–Crippen LogP) is 4.21. The minimum Gasteiger partial charge on any atom is -0.508 e. The average Bonchev–Trinajstić information content (AvgIpc) is 3.22. The quantitative estimate of drug-likeness (QED) is 0.725. The number of aryl methyl sites for hydroxylation is 1. The van der Waals surface area contributed by atoms with Gasteiger partial charge in [-0.3, -0.25) is 4.90 Å². The summed E-state index contributed by atoms with van der Waals surface area (Å²) in [4.78, 5) is 14.4. The molecule has 24 heavy (non-hydrogen) atoms. The van der Waals surface area contributed by atoms with Crippen LogP contribution < -0.4 is 5.63 Å². The maximum absolute atomic E-state index is 12.0. The standard InChI is InChI=1S/C19H19NO3S/c1-12-17(21)5-4-15-14(9-18(22)23-19(12)15)10-20-7-2-3-16(20)13-6-8-24-11-13/h4-6,8-9,11,16,21H,2-3,7,10H2,1H3/t16-/m0/s1. The lowest BCUT2D eigenvalue weighted by atomic mass is 10.0. The summed E-state index contributed by atoms with van der Waals surface area (Å²) in [6, 6.07) is 7.69. The van der Waals surface area contributed by atoms with Crippen molar-refractivity contribution in [2.45, 2.75) is 32.4 Å². The smallest absolute Gasteiger partial charge is 0.336 e. The molecule has 3 aromatic rings. The monoisotopic (exact) mass is 341 g/mol. The van der Waals surface area contributed by atoms with E-state index in [-0.39, 0.29) is 11.4 Å². The molecule has 1 saturated heterocycles. The van der Waals surface area contributed by atoms with Crippen LogP contribution in [0, 0.1) is 6.92 Å². The van der Waals surface area contributed by atoms with Crippen LogP contribution in [0.15, 0.2) is 44.2 Å². The zero-order valence-electron chi connectivity index (χ0n) is 13.5. The number of benzene rings is 1. The molecule has 0 bridgehead atoms. The van der Waals surface area contributed by atoms with Crippen LogP contribution in [0.1, 0.15) is 35.6 Å². The molecule has 0 amide bonds. The van der Waals surface area contributed by atoms with Crippen molar-refractivity contribution in [2.75, 3.05) is 6.54 Å². The second kappa shape index (κ2) is 6.07. The second-order valence-corrected chi connectivity index (χ2v) is 7.14. The molecule has 1 N–H and O–H groups in total. The molecule has 1 atom stereocenters. The van der Waals surface area contributed by atoms with E-state index in [0.717, 1.165) is 23.9 Å². The minimum absolute atomic E-state index is 0.153. The summed E-state index contributed by atoms with van der Waals surface area (Å²) in [5, 5.41) is 15.1. The molecular weight excluding hydrogens is 322 g/mol. The number of fused-ring (bicyclic) bond motifs is 1. The molecule has 3 heterocycles. The molecule has 1 aliphatic heterocycles. The highest BCUT2D eigenvalue weighted by atomic mass is 32.1. The van der Waals surface area contributed by atoms with Crippen LogP contribution in [0.5, 0.6) is 5.75 Å². The van der Waals surface area contributed by atoms with Gasteiger partial charge in [-0.1, -0.05) is 0 Å². The van der Waals surface area contributed by atoms with E-state index >= 15 is 0 Å². The van der Waals surface area contributed by atoms with Crippen LogP contribution in [0.3, 0.4) is 0 Å². The number of thiophene rings is 1. The Morgan fingerprint density at radius 2 is 2.25 bits per heavy atom. The zero-order valence-corrected chi connectivity index (χ0v) is 14.3. The number of aromatic hydroxyl groups is 1. The Labute approximate surface area is 144 Å².